The van der Waals surface area contributed by atoms with Crippen LogP contribution in [0, 0.1) is 0 Å². The minimum absolute atomic E-state index is 2.11. The maximum Gasteiger partial charge on any atom is 0.422 e. The molecule has 0 aromatic carbocycles. The number of carbonyl (C=O) groups is 1. The maximum atomic E-state index is 12.3. The van der Waals surface area contributed by atoms with Crippen LogP contribution in [0.4, 0.5) is 35.1 Å². The van der Waals surface area contributed by atoms with Gasteiger partial charge in [-0.3, -0.25) is 0 Å². The van der Waals surface area contributed by atoms with E-state index >= 15 is 0 Å². The number of alkyl halides is 8. The molecule has 17 heavy (non-hydrogen) atoms. The molecular formula is C7H4F8O2. The second-order valence-corrected chi connectivity index (χ2v) is 2.67. The van der Waals surface area contributed by atoms with Gasteiger partial charge in [0.15, 0.2) is 0 Å². The second-order valence-electron chi connectivity index (χ2n) is 2.67. The fourth-order valence-electron chi connectivity index (χ4n) is 0.458. The Labute approximate surface area is 88.8 Å². The standard InChI is InChI=1S/C7H4F8O2/c1-2(7(13,14)15)3(16)17-5(10)6(11,12)4(8)9/h4-5H,1H2. The van der Waals surface area contributed by atoms with E-state index in [1.165, 1.54) is 0 Å². The SMILES string of the molecule is C=C(C(=O)OC(F)C(F)(F)C(F)F)C(F)(F)F. The lowest BCUT2D eigenvalue weighted by Crippen LogP contribution is -2.41. The minimum Gasteiger partial charge on any atom is -0.421 e. The van der Waals surface area contributed by atoms with Gasteiger partial charge >= 0.3 is 30.9 Å². The van der Waals surface area contributed by atoms with Crippen LogP contribution in [0.1, 0.15) is 0 Å². The normalized spacial score (nSPS) is 14.6. The summed E-state index contributed by atoms with van der Waals surface area (Å²) in [4.78, 5) is 10.4. The van der Waals surface area contributed by atoms with Gasteiger partial charge in [0.1, 0.15) is 5.57 Å². The molecule has 0 radical (unpaired) electrons. The summed E-state index contributed by atoms with van der Waals surface area (Å²) >= 11 is 0. The van der Waals surface area contributed by atoms with Crippen molar-refractivity contribution in [2.75, 3.05) is 0 Å². The first-order valence-corrected chi connectivity index (χ1v) is 3.67. The smallest absolute Gasteiger partial charge is 0.421 e. The van der Waals surface area contributed by atoms with E-state index in [9.17, 15) is 39.9 Å². The third-order valence-corrected chi connectivity index (χ3v) is 1.39. The fraction of sp³-hybridized carbons (Fsp3) is 0.571. The van der Waals surface area contributed by atoms with Crippen LogP contribution in [0.15, 0.2) is 12.2 Å². The molecule has 1 atom stereocenters. The zero-order chi connectivity index (χ0) is 14.0. The molecule has 0 aliphatic carbocycles. The molecule has 0 bridgehead atoms. The molecule has 0 aromatic rings. The number of hydrogen-bond donors (Lipinski definition) is 0. The van der Waals surface area contributed by atoms with Crippen molar-refractivity contribution in [1.82, 2.24) is 0 Å². The predicted molar refractivity (Wildman–Crippen MR) is 37.1 cm³/mol. The van der Waals surface area contributed by atoms with Crippen LogP contribution in [0.3, 0.4) is 0 Å². The van der Waals surface area contributed by atoms with Gasteiger partial charge in [-0.2, -0.15) is 26.3 Å². The average Bonchev–Trinajstić information content (AvgIpc) is 2.14. The largest absolute Gasteiger partial charge is 0.422 e. The van der Waals surface area contributed by atoms with Gasteiger partial charge in [-0.15, -0.1) is 0 Å². The molecule has 100 valence electrons. The lowest BCUT2D eigenvalue weighted by Gasteiger charge is -2.20. The number of rotatable bonds is 4. The molecule has 0 amide bonds. The van der Waals surface area contributed by atoms with Gasteiger partial charge in [-0.1, -0.05) is 6.58 Å². The highest BCUT2D eigenvalue weighted by atomic mass is 19.4. The molecule has 2 nitrogen and oxygen atoms in total. The predicted octanol–water partition coefficient (Wildman–Crippen LogP) is 2.84. The van der Waals surface area contributed by atoms with E-state index in [1.54, 1.807) is 0 Å². The van der Waals surface area contributed by atoms with Crippen LogP contribution in [-0.2, 0) is 9.53 Å². The van der Waals surface area contributed by atoms with Gasteiger partial charge in [0.2, 0.25) is 0 Å². The molecule has 0 aliphatic rings. The lowest BCUT2D eigenvalue weighted by atomic mass is 10.3. The lowest BCUT2D eigenvalue weighted by molar-refractivity contribution is -0.244. The van der Waals surface area contributed by atoms with Crippen LogP contribution in [0.25, 0.3) is 0 Å². The molecule has 0 aliphatic heterocycles. The van der Waals surface area contributed by atoms with Crippen molar-refractivity contribution < 1.29 is 44.7 Å². The summed E-state index contributed by atoms with van der Waals surface area (Å²) in [5.41, 5.74) is -2.29. The zero-order valence-corrected chi connectivity index (χ0v) is 7.70. The molecule has 0 saturated heterocycles. The van der Waals surface area contributed by atoms with E-state index in [1.807, 2.05) is 0 Å². The molecule has 0 N–H and O–H groups in total. The monoisotopic (exact) mass is 272 g/mol. The Kier molecular flexibility index (Phi) is 4.49. The zero-order valence-electron chi connectivity index (χ0n) is 7.70. The summed E-state index contributed by atoms with van der Waals surface area (Å²) in [5, 5.41) is 0. The summed E-state index contributed by atoms with van der Waals surface area (Å²) in [5.74, 6) is -7.99. The number of ether oxygens (including phenoxy) is 1. The molecule has 0 spiro atoms. The quantitative estimate of drug-likeness (QED) is 0.447. The Morgan fingerprint density at radius 1 is 1.06 bits per heavy atom. The van der Waals surface area contributed by atoms with Crippen molar-refractivity contribution in [2.45, 2.75) is 24.9 Å². The van der Waals surface area contributed by atoms with Gasteiger partial charge in [0, 0.05) is 0 Å². The van der Waals surface area contributed by atoms with Crippen molar-refractivity contribution in [3.05, 3.63) is 12.2 Å². The molecule has 1 unspecified atom stereocenters. The van der Waals surface area contributed by atoms with Crippen molar-refractivity contribution in [1.29, 1.82) is 0 Å². The number of hydrogen-bond acceptors (Lipinski definition) is 2. The maximum absolute atomic E-state index is 12.3. The van der Waals surface area contributed by atoms with Gasteiger partial charge in [-0.25, -0.2) is 13.6 Å². The summed E-state index contributed by atoms with van der Waals surface area (Å²) in [7, 11) is 0. The topological polar surface area (TPSA) is 26.3 Å². The minimum atomic E-state index is -5.40. The van der Waals surface area contributed by atoms with Crippen LogP contribution in [-0.4, -0.2) is 30.9 Å². The van der Waals surface area contributed by atoms with E-state index in [0.29, 0.717) is 0 Å². The fourth-order valence-corrected chi connectivity index (χ4v) is 0.458. The van der Waals surface area contributed by atoms with E-state index in [-0.39, 0.29) is 0 Å². The molecular weight excluding hydrogens is 268 g/mol. The Morgan fingerprint density at radius 3 is 1.76 bits per heavy atom. The van der Waals surface area contributed by atoms with Gasteiger partial charge in [-0.05, 0) is 0 Å². The first-order chi connectivity index (χ1) is 7.40. The van der Waals surface area contributed by atoms with Crippen LogP contribution >= 0.6 is 0 Å². The Bertz CT molecular complexity index is 307. The molecule has 0 fully saturated rings. The Hall–Kier alpha value is -1.35. The van der Waals surface area contributed by atoms with Crippen molar-refractivity contribution in [3.8, 4) is 0 Å². The van der Waals surface area contributed by atoms with E-state index < -0.39 is 36.4 Å². The molecule has 0 heterocycles. The molecule has 0 rings (SSSR count). The average molecular weight is 272 g/mol. The molecule has 0 aromatic heterocycles. The third kappa shape index (κ3) is 3.86. The summed E-state index contributed by atoms with van der Waals surface area (Å²) in [6, 6.07) is 0. The first kappa shape index (κ1) is 15.6. The second kappa shape index (κ2) is 4.88. The Morgan fingerprint density at radius 2 is 1.47 bits per heavy atom. The van der Waals surface area contributed by atoms with E-state index in [4.69, 9.17) is 0 Å². The van der Waals surface area contributed by atoms with E-state index in [2.05, 4.69) is 11.3 Å². The first-order valence-electron chi connectivity index (χ1n) is 3.67. The van der Waals surface area contributed by atoms with Crippen molar-refractivity contribution >= 4 is 5.97 Å². The van der Waals surface area contributed by atoms with Crippen molar-refractivity contribution in [3.63, 3.8) is 0 Å². The van der Waals surface area contributed by atoms with Gasteiger partial charge < -0.3 is 4.74 Å². The van der Waals surface area contributed by atoms with E-state index in [0.717, 1.165) is 0 Å². The van der Waals surface area contributed by atoms with Crippen LogP contribution in [0.2, 0.25) is 0 Å². The third-order valence-electron chi connectivity index (χ3n) is 1.39. The summed E-state index contributed by atoms with van der Waals surface area (Å²) in [6.45, 7) is 2.11. The molecule has 0 saturated carbocycles. The number of esters is 1. The van der Waals surface area contributed by atoms with Crippen LogP contribution < -0.4 is 0 Å². The molecule has 10 heteroatoms. The highest BCUT2D eigenvalue weighted by molar-refractivity contribution is 5.89. The highest BCUT2D eigenvalue weighted by Crippen LogP contribution is 2.32. The van der Waals surface area contributed by atoms with Gasteiger partial charge in [0.25, 0.3) is 0 Å². The van der Waals surface area contributed by atoms with Gasteiger partial charge in [0.05, 0.1) is 0 Å². The number of carbonyl (C=O) groups excluding carboxylic acids is 1. The Balaban J connectivity index is 4.67. The highest BCUT2D eigenvalue weighted by Gasteiger charge is 2.53. The number of halogens is 8. The summed E-state index contributed by atoms with van der Waals surface area (Å²) in [6.07, 6.45) is -14.1. The van der Waals surface area contributed by atoms with Crippen molar-refractivity contribution in [2.24, 2.45) is 0 Å². The summed E-state index contributed by atoms with van der Waals surface area (Å²) < 4.78 is 97.8. The van der Waals surface area contributed by atoms with Crippen LogP contribution in [0.5, 0.6) is 0 Å².